The Bertz CT molecular complexity index is 534. The van der Waals surface area contributed by atoms with Crippen molar-refractivity contribution in [2.75, 3.05) is 37.8 Å². The highest BCUT2D eigenvalue weighted by Gasteiger charge is 2.14. The maximum absolute atomic E-state index is 12.0. The van der Waals surface area contributed by atoms with Gasteiger partial charge in [-0.1, -0.05) is 26.0 Å². The number of carbonyl (C=O) groups is 1. The summed E-state index contributed by atoms with van der Waals surface area (Å²) in [6.45, 7) is 7.52. The first kappa shape index (κ1) is 18.5. The Morgan fingerprint density at radius 3 is 2.54 bits per heavy atom. The molecule has 1 aromatic rings. The van der Waals surface area contributed by atoms with Gasteiger partial charge in [-0.3, -0.25) is 4.79 Å². The van der Waals surface area contributed by atoms with E-state index in [1.807, 2.05) is 32.1 Å². The molecule has 2 rings (SSSR count). The van der Waals surface area contributed by atoms with Crippen LogP contribution in [-0.4, -0.2) is 50.0 Å². The van der Waals surface area contributed by atoms with Crippen LogP contribution in [0.2, 0.25) is 0 Å². The van der Waals surface area contributed by atoms with E-state index in [4.69, 9.17) is 9.84 Å². The minimum absolute atomic E-state index is 0.00385. The molecule has 1 fully saturated rings. The molecule has 0 bridgehead atoms. The molecule has 1 aliphatic heterocycles. The zero-order chi connectivity index (χ0) is 17.4. The minimum atomic E-state index is -0.126. The molecule has 1 unspecified atom stereocenters. The average molecular weight is 332 g/mol. The number of carbonyl (C=O) groups excluding carboxylic acids is 1. The van der Waals surface area contributed by atoms with Gasteiger partial charge in [0.05, 0.1) is 13.2 Å². The predicted molar refractivity (Wildman–Crippen MR) is 97.0 cm³/mol. The van der Waals surface area contributed by atoms with Crippen LogP contribution in [-0.2, 0) is 9.53 Å². The molecule has 1 atom stereocenters. The van der Waals surface area contributed by atoms with E-state index in [-0.39, 0.29) is 18.6 Å². The van der Waals surface area contributed by atoms with Gasteiger partial charge in [0.2, 0.25) is 5.91 Å². The summed E-state index contributed by atoms with van der Waals surface area (Å²) in [5.74, 6) is 0.168. The third-order valence-electron chi connectivity index (χ3n) is 4.27. The Morgan fingerprint density at radius 2 is 1.96 bits per heavy atom. The van der Waals surface area contributed by atoms with Crippen LogP contribution >= 0.6 is 0 Å². The number of hydrogen-bond donors (Lipinski definition) is 2. The number of aliphatic hydroxyl groups is 1. The van der Waals surface area contributed by atoms with Crippen LogP contribution in [0.5, 0.6) is 0 Å². The van der Waals surface area contributed by atoms with Crippen LogP contribution in [0.25, 0.3) is 6.08 Å². The summed E-state index contributed by atoms with van der Waals surface area (Å²) in [6, 6.07) is 8.18. The maximum atomic E-state index is 12.0. The van der Waals surface area contributed by atoms with Gasteiger partial charge in [0.25, 0.3) is 0 Å². The summed E-state index contributed by atoms with van der Waals surface area (Å²) in [4.78, 5) is 14.3. The van der Waals surface area contributed by atoms with Gasteiger partial charge in [-0.2, -0.15) is 0 Å². The van der Waals surface area contributed by atoms with Gasteiger partial charge in [0.1, 0.15) is 0 Å². The predicted octanol–water partition coefficient (Wildman–Crippen LogP) is 2.06. The van der Waals surface area contributed by atoms with E-state index >= 15 is 0 Å². The number of aliphatic hydroxyl groups excluding tert-OH is 1. The number of nitrogens with one attached hydrogen (secondary N) is 1. The summed E-state index contributed by atoms with van der Waals surface area (Å²) in [5.41, 5.74) is 2.17. The van der Waals surface area contributed by atoms with Gasteiger partial charge in [0.15, 0.2) is 0 Å². The number of nitrogens with zero attached hydrogens (tertiary/aromatic N) is 1. The number of benzene rings is 1. The lowest BCUT2D eigenvalue weighted by Gasteiger charge is -2.28. The molecule has 0 spiro atoms. The zero-order valence-electron chi connectivity index (χ0n) is 14.6. The second-order valence-corrected chi connectivity index (χ2v) is 6.40. The monoisotopic (exact) mass is 332 g/mol. The Hall–Kier alpha value is -1.85. The van der Waals surface area contributed by atoms with Crippen molar-refractivity contribution in [1.82, 2.24) is 5.32 Å². The molecule has 0 aromatic heterocycles. The highest BCUT2D eigenvalue weighted by molar-refractivity contribution is 5.92. The first-order chi connectivity index (χ1) is 11.6. The first-order valence-corrected chi connectivity index (χ1v) is 8.62. The van der Waals surface area contributed by atoms with Gasteiger partial charge in [-0.15, -0.1) is 0 Å². The van der Waals surface area contributed by atoms with E-state index in [0.717, 1.165) is 31.9 Å². The van der Waals surface area contributed by atoms with Crippen molar-refractivity contribution < 1.29 is 14.6 Å². The zero-order valence-corrected chi connectivity index (χ0v) is 14.6. The summed E-state index contributed by atoms with van der Waals surface area (Å²) < 4.78 is 5.36. The van der Waals surface area contributed by atoms with Crippen LogP contribution in [0.1, 0.15) is 25.8 Å². The largest absolute Gasteiger partial charge is 0.396 e. The van der Waals surface area contributed by atoms with E-state index in [1.165, 1.54) is 5.69 Å². The van der Waals surface area contributed by atoms with Crippen molar-refractivity contribution in [3.63, 3.8) is 0 Å². The van der Waals surface area contributed by atoms with Crippen LogP contribution in [0, 0.1) is 5.92 Å². The van der Waals surface area contributed by atoms with Gasteiger partial charge >= 0.3 is 0 Å². The normalized spacial score (nSPS) is 16.6. The van der Waals surface area contributed by atoms with Gasteiger partial charge in [-0.25, -0.2) is 0 Å². The molecular weight excluding hydrogens is 304 g/mol. The molecule has 24 heavy (non-hydrogen) atoms. The van der Waals surface area contributed by atoms with Gasteiger partial charge < -0.3 is 20.1 Å². The standard InChI is InChI=1S/C19H28N2O3/c1-15(2)18(9-12-22)20-19(23)8-5-16-3-6-17(7-4-16)21-10-13-24-14-11-21/h3-8,15,18,22H,9-14H2,1-2H3,(H,20,23)/b8-5+. The molecule has 5 nitrogen and oxygen atoms in total. The number of anilines is 1. The lowest BCUT2D eigenvalue weighted by molar-refractivity contribution is -0.117. The smallest absolute Gasteiger partial charge is 0.244 e. The van der Waals surface area contributed by atoms with Gasteiger partial charge in [-0.05, 0) is 36.1 Å². The average Bonchev–Trinajstić information content (AvgIpc) is 2.61. The van der Waals surface area contributed by atoms with Crippen molar-refractivity contribution in [2.24, 2.45) is 5.92 Å². The molecule has 1 saturated heterocycles. The van der Waals surface area contributed by atoms with Crippen LogP contribution in [0.4, 0.5) is 5.69 Å². The Morgan fingerprint density at radius 1 is 1.29 bits per heavy atom. The maximum Gasteiger partial charge on any atom is 0.244 e. The molecule has 0 aliphatic carbocycles. The highest BCUT2D eigenvalue weighted by atomic mass is 16.5. The minimum Gasteiger partial charge on any atom is -0.396 e. The Labute approximate surface area is 144 Å². The molecule has 1 amide bonds. The second-order valence-electron chi connectivity index (χ2n) is 6.40. The van der Waals surface area contributed by atoms with E-state index in [2.05, 4.69) is 22.3 Å². The number of rotatable bonds is 7. The number of ether oxygens (including phenoxy) is 1. The number of hydrogen-bond acceptors (Lipinski definition) is 4. The first-order valence-electron chi connectivity index (χ1n) is 8.62. The third-order valence-corrected chi connectivity index (χ3v) is 4.27. The van der Waals surface area contributed by atoms with Crippen LogP contribution in [0.3, 0.4) is 0 Å². The molecule has 0 radical (unpaired) electrons. The molecule has 1 aliphatic rings. The Balaban J connectivity index is 1.89. The van der Waals surface area contributed by atoms with Crippen molar-refractivity contribution >= 4 is 17.7 Å². The van der Waals surface area contributed by atoms with Crippen LogP contribution < -0.4 is 10.2 Å². The number of morpholine rings is 1. The second kappa shape index (κ2) is 9.45. The summed E-state index contributed by atoms with van der Waals surface area (Å²) in [7, 11) is 0. The van der Waals surface area contributed by atoms with Crippen molar-refractivity contribution in [3.8, 4) is 0 Å². The molecule has 132 valence electrons. The third kappa shape index (κ3) is 5.65. The molecule has 0 saturated carbocycles. The van der Waals surface area contributed by atoms with E-state index in [1.54, 1.807) is 6.08 Å². The molecule has 2 N–H and O–H groups in total. The lowest BCUT2D eigenvalue weighted by Crippen LogP contribution is -2.38. The fraction of sp³-hybridized carbons (Fsp3) is 0.526. The fourth-order valence-corrected chi connectivity index (χ4v) is 2.73. The molecular formula is C19H28N2O3. The lowest BCUT2D eigenvalue weighted by atomic mass is 10.0. The van der Waals surface area contributed by atoms with E-state index < -0.39 is 0 Å². The van der Waals surface area contributed by atoms with Crippen molar-refractivity contribution in [3.05, 3.63) is 35.9 Å². The molecule has 1 aromatic carbocycles. The Kier molecular flexibility index (Phi) is 7.28. The van der Waals surface area contributed by atoms with Crippen LogP contribution in [0.15, 0.2) is 30.3 Å². The highest BCUT2D eigenvalue weighted by Crippen LogP contribution is 2.17. The summed E-state index contributed by atoms with van der Waals surface area (Å²) in [6.07, 6.45) is 3.94. The fourth-order valence-electron chi connectivity index (χ4n) is 2.73. The summed E-state index contributed by atoms with van der Waals surface area (Å²) in [5, 5.41) is 12.0. The van der Waals surface area contributed by atoms with Crippen molar-refractivity contribution in [2.45, 2.75) is 26.3 Å². The SMILES string of the molecule is CC(C)C(CCO)NC(=O)/C=C/c1ccc(N2CCOCC2)cc1. The topological polar surface area (TPSA) is 61.8 Å². The van der Waals surface area contributed by atoms with Gasteiger partial charge in [0, 0.05) is 37.5 Å². The van der Waals surface area contributed by atoms with Crippen molar-refractivity contribution in [1.29, 1.82) is 0 Å². The molecule has 5 heteroatoms. The summed E-state index contributed by atoms with van der Waals surface area (Å²) >= 11 is 0. The van der Waals surface area contributed by atoms with E-state index in [0.29, 0.717) is 12.3 Å². The number of amides is 1. The molecule has 1 heterocycles. The van der Waals surface area contributed by atoms with E-state index in [9.17, 15) is 4.79 Å². The quantitative estimate of drug-likeness (QED) is 0.750.